The smallest absolute Gasteiger partial charge is 0.341 e. The van der Waals surface area contributed by atoms with Gasteiger partial charge in [-0.1, -0.05) is 0 Å². The van der Waals surface area contributed by atoms with Gasteiger partial charge in [0.2, 0.25) is 0 Å². The van der Waals surface area contributed by atoms with Gasteiger partial charge in [0.25, 0.3) is 10.0 Å². The Morgan fingerprint density at radius 2 is 2.16 bits per heavy atom. The average molecular weight is 301 g/mol. The van der Waals surface area contributed by atoms with Crippen molar-refractivity contribution in [3.8, 4) is 0 Å². The first-order valence-electron chi connectivity index (χ1n) is 5.16. The number of aromatic carboxylic acids is 1. The first kappa shape index (κ1) is 13.6. The van der Waals surface area contributed by atoms with Crippen LogP contribution < -0.4 is 4.72 Å². The number of sulfonamides is 1. The van der Waals surface area contributed by atoms with Crippen molar-refractivity contribution in [2.24, 2.45) is 7.05 Å². The van der Waals surface area contributed by atoms with Gasteiger partial charge in [0.1, 0.15) is 9.77 Å². The first-order valence-corrected chi connectivity index (χ1v) is 7.46. The van der Waals surface area contributed by atoms with E-state index in [9.17, 15) is 13.2 Å². The van der Waals surface area contributed by atoms with Gasteiger partial charge in [-0.15, -0.1) is 11.3 Å². The monoisotopic (exact) mass is 301 g/mol. The van der Waals surface area contributed by atoms with Gasteiger partial charge in [-0.05, 0) is 19.1 Å². The molecule has 0 saturated carbocycles. The van der Waals surface area contributed by atoms with E-state index in [-0.39, 0.29) is 15.6 Å². The number of hydrogen-bond donors (Lipinski definition) is 2. The SMILES string of the molecule is Cc1ccc(S(=O)(=O)Nc2c(C(=O)O)cnn2C)s1. The van der Waals surface area contributed by atoms with Crippen LogP contribution in [0.2, 0.25) is 0 Å². The molecule has 19 heavy (non-hydrogen) atoms. The lowest BCUT2D eigenvalue weighted by Crippen LogP contribution is -2.16. The highest BCUT2D eigenvalue weighted by Crippen LogP contribution is 2.24. The lowest BCUT2D eigenvalue weighted by Gasteiger charge is -2.07. The molecule has 0 unspecified atom stereocenters. The van der Waals surface area contributed by atoms with Crippen molar-refractivity contribution in [3.63, 3.8) is 0 Å². The number of aromatic nitrogens is 2. The van der Waals surface area contributed by atoms with Crippen LogP contribution in [0.5, 0.6) is 0 Å². The van der Waals surface area contributed by atoms with Gasteiger partial charge in [0.15, 0.2) is 5.82 Å². The second-order valence-corrected chi connectivity index (χ2v) is 7.00. The molecular formula is C10H11N3O4S2. The molecule has 0 radical (unpaired) electrons. The number of carboxylic acids is 1. The predicted octanol–water partition coefficient (Wildman–Crippen LogP) is 1.29. The lowest BCUT2D eigenvalue weighted by molar-refractivity contribution is 0.0698. The molecule has 0 fully saturated rings. The number of nitrogens with zero attached hydrogens (tertiary/aromatic N) is 2. The maximum absolute atomic E-state index is 12.1. The van der Waals surface area contributed by atoms with Gasteiger partial charge in [-0.3, -0.25) is 9.40 Å². The Bertz CT molecular complexity index is 730. The van der Waals surface area contributed by atoms with Gasteiger partial charge in [-0.25, -0.2) is 13.2 Å². The highest BCUT2D eigenvalue weighted by molar-refractivity contribution is 7.94. The first-order chi connectivity index (χ1) is 8.81. The Morgan fingerprint density at radius 1 is 1.47 bits per heavy atom. The van der Waals surface area contributed by atoms with Crippen molar-refractivity contribution >= 4 is 33.1 Å². The molecule has 0 aliphatic carbocycles. The molecule has 0 aliphatic heterocycles. The predicted molar refractivity (Wildman–Crippen MR) is 70.0 cm³/mol. The van der Waals surface area contributed by atoms with E-state index in [2.05, 4.69) is 9.82 Å². The molecule has 2 N–H and O–H groups in total. The molecule has 102 valence electrons. The molecule has 0 saturated heterocycles. The fraction of sp³-hybridized carbons (Fsp3) is 0.200. The minimum atomic E-state index is -3.80. The maximum atomic E-state index is 12.1. The minimum Gasteiger partial charge on any atom is -0.477 e. The highest BCUT2D eigenvalue weighted by Gasteiger charge is 2.22. The third kappa shape index (κ3) is 2.61. The number of thiophene rings is 1. The van der Waals surface area contributed by atoms with E-state index in [1.165, 1.54) is 17.8 Å². The summed E-state index contributed by atoms with van der Waals surface area (Å²) in [6, 6.07) is 3.15. The Balaban J connectivity index is 2.41. The van der Waals surface area contributed by atoms with Gasteiger partial charge in [-0.2, -0.15) is 5.10 Å². The third-order valence-electron chi connectivity index (χ3n) is 2.38. The molecule has 9 heteroatoms. The lowest BCUT2D eigenvalue weighted by atomic mass is 10.3. The van der Waals surface area contributed by atoms with Crippen LogP contribution in [0.4, 0.5) is 5.82 Å². The quantitative estimate of drug-likeness (QED) is 0.886. The fourth-order valence-electron chi connectivity index (χ4n) is 1.45. The largest absolute Gasteiger partial charge is 0.477 e. The number of anilines is 1. The van der Waals surface area contributed by atoms with Crippen LogP contribution in [0.25, 0.3) is 0 Å². The van der Waals surface area contributed by atoms with Crippen LogP contribution in [0.1, 0.15) is 15.2 Å². The van der Waals surface area contributed by atoms with Crippen molar-refractivity contribution in [3.05, 3.63) is 28.8 Å². The summed E-state index contributed by atoms with van der Waals surface area (Å²) in [5.74, 6) is -1.31. The normalized spacial score (nSPS) is 11.5. The number of aryl methyl sites for hydroxylation is 2. The topological polar surface area (TPSA) is 101 Å². The van der Waals surface area contributed by atoms with E-state index in [4.69, 9.17) is 5.11 Å². The Hall–Kier alpha value is -1.87. The molecular weight excluding hydrogens is 290 g/mol. The van der Waals surface area contributed by atoms with Crippen LogP contribution in [0.3, 0.4) is 0 Å². The van der Waals surface area contributed by atoms with Crippen molar-refractivity contribution < 1.29 is 18.3 Å². The minimum absolute atomic E-state index is 0.0708. The summed E-state index contributed by atoms with van der Waals surface area (Å²) in [6.45, 7) is 1.79. The van der Waals surface area contributed by atoms with E-state index >= 15 is 0 Å². The van der Waals surface area contributed by atoms with E-state index in [0.717, 1.165) is 22.4 Å². The standard InChI is InChI=1S/C10H11N3O4S2/c1-6-3-4-8(18-6)19(16,17)12-9-7(10(14)15)5-11-13(9)2/h3-5,12H,1-2H3,(H,14,15). The summed E-state index contributed by atoms with van der Waals surface area (Å²) >= 11 is 1.11. The molecule has 2 rings (SSSR count). The summed E-state index contributed by atoms with van der Waals surface area (Å²) < 4.78 is 27.8. The summed E-state index contributed by atoms with van der Waals surface area (Å²) in [6.07, 6.45) is 1.10. The average Bonchev–Trinajstić information content (AvgIpc) is 2.87. The van der Waals surface area contributed by atoms with Crippen molar-refractivity contribution in [1.82, 2.24) is 9.78 Å². The molecule has 0 aromatic carbocycles. The second kappa shape index (κ2) is 4.67. The van der Waals surface area contributed by atoms with Crippen LogP contribution in [0.15, 0.2) is 22.5 Å². The van der Waals surface area contributed by atoms with Crippen molar-refractivity contribution in [2.45, 2.75) is 11.1 Å². The summed E-state index contributed by atoms with van der Waals surface area (Å²) in [5.41, 5.74) is -0.195. The molecule has 2 heterocycles. The third-order valence-corrected chi connectivity index (χ3v) is 5.21. The van der Waals surface area contributed by atoms with E-state index in [0.29, 0.717) is 0 Å². The molecule has 2 aromatic rings. The Morgan fingerprint density at radius 3 is 2.68 bits per heavy atom. The van der Waals surface area contributed by atoms with Crippen LogP contribution in [0, 0.1) is 6.92 Å². The Labute approximate surface area is 113 Å². The molecule has 0 aliphatic rings. The van der Waals surface area contributed by atoms with Gasteiger partial charge < -0.3 is 5.11 Å². The van der Waals surface area contributed by atoms with E-state index < -0.39 is 16.0 Å². The second-order valence-electron chi connectivity index (χ2n) is 3.81. The number of carbonyl (C=O) groups is 1. The molecule has 0 spiro atoms. The van der Waals surface area contributed by atoms with Crippen LogP contribution in [-0.2, 0) is 17.1 Å². The fourth-order valence-corrected chi connectivity index (χ4v) is 3.84. The number of hydrogen-bond acceptors (Lipinski definition) is 5. The van der Waals surface area contributed by atoms with Crippen molar-refractivity contribution in [1.29, 1.82) is 0 Å². The molecule has 0 atom stereocenters. The zero-order chi connectivity index (χ0) is 14.2. The summed E-state index contributed by atoms with van der Waals surface area (Å²) in [4.78, 5) is 11.8. The maximum Gasteiger partial charge on any atom is 0.341 e. The zero-order valence-corrected chi connectivity index (χ0v) is 11.7. The Kier molecular flexibility index (Phi) is 3.33. The van der Waals surface area contributed by atoms with Crippen LogP contribution in [-0.4, -0.2) is 29.3 Å². The summed E-state index contributed by atoms with van der Waals surface area (Å²) in [7, 11) is -2.33. The van der Waals surface area contributed by atoms with Gasteiger partial charge in [0, 0.05) is 11.9 Å². The van der Waals surface area contributed by atoms with E-state index in [1.54, 1.807) is 13.0 Å². The van der Waals surface area contributed by atoms with E-state index in [1.807, 2.05) is 0 Å². The molecule has 0 bridgehead atoms. The number of rotatable bonds is 4. The highest BCUT2D eigenvalue weighted by atomic mass is 32.2. The number of carboxylic acid groups (broad SMARTS) is 1. The zero-order valence-electron chi connectivity index (χ0n) is 10.1. The van der Waals surface area contributed by atoms with Gasteiger partial charge >= 0.3 is 5.97 Å². The molecule has 7 nitrogen and oxygen atoms in total. The van der Waals surface area contributed by atoms with Crippen molar-refractivity contribution in [2.75, 3.05) is 4.72 Å². The van der Waals surface area contributed by atoms with Crippen LogP contribution >= 0.6 is 11.3 Å². The molecule has 2 aromatic heterocycles. The molecule has 0 amide bonds. The van der Waals surface area contributed by atoms with Gasteiger partial charge in [0.05, 0.1) is 6.20 Å². The number of nitrogens with one attached hydrogen (secondary N) is 1. The summed E-state index contributed by atoms with van der Waals surface area (Å²) in [5, 5.41) is 12.7.